The summed E-state index contributed by atoms with van der Waals surface area (Å²) in [5.41, 5.74) is 6.37. The number of aryl methyl sites for hydroxylation is 1. The fourth-order valence-electron chi connectivity index (χ4n) is 6.44. The molecule has 5 heteroatoms. The van der Waals surface area contributed by atoms with Crippen LogP contribution in [0.25, 0.3) is 72.7 Å². The first kappa shape index (κ1) is 25.4. The second kappa shape index (κ2) is 14.5. The van der Waals surface area contributed by atoms with E-state index in [2.05, 4.69) is 31.8 Å². The van der Waals surface area contributed by atoms with Crippen molar-refractivity contribution >= 4 is 11.0 Å². The Kier molecular flexibility index (Phi) is 6.93. The smallest absolute Gasteiger partial charge is 0.148 e. The predicted octanol–water partition coefficient (Wildman–Crippen LogP) is 12.2. The number of phenols is 1. The van der Waals surface area contributed by atoms with Gasteiger partial charge in [-0.1, -0.05) is 128 Å². The Morgan fingerprint density at radius 1 is 0.679 bits per heavy atom. The molecule has 2 aromatic heterocycles. The first-order valence-electron chi connectivity index (χ1n) is 21.9. The molecule has 6 aromatic carbocycles. The van der Waals surface area contributed by atoms with E-state index < -0.39 is 43.4 Å². The van der Waals surface area contributed by atoms with Gasteiger partial charge in [-0.15, -0.1) is 29.3 Å². The van der Waals surface area contributed by atoms with E-state index in [9.17, 15) is 5.11 Å². The number of aromatic nitrogens is 3. The Balaban J connectivity index is 0.00000595. The molecule has 0 unspecified atom stereocenters. The molecule has 8 rings (SSSR count). The van der Waals surface area contributed by atoms with Gasteiger partial charge in [-0.2, -0.15) is 0 Å². The van der Waals surface area contributed by atoms with Gasteiger partial charge < -0.3 is 5.11 Å². The molecule has 0 fully saturated rings. The number of fused-ring (bicyclic) bond motifs is 1. The van der Waals surface area contributed by atoms with E-state index in [4.69, 9.17) is 18.7 Å². The molecule has 2 heterocycles. The first-order chi connectivity index (χ1) is 29.2. The van der Waals surface area contributed by atoms with Crippen molar-refractivity contribution in [3.63, 3.8) is 0 Å². The van der Waals surface area contributed by atoms with Crippen LogP contribution in [0.4, 0.5) is 0 Å². The Morgan fingerprint density at radius 2 is 1.42 bits per heavy atom. The molecule has 0 aliphatic heterocycles. The van der Waals surface area contributed by atoms with Gasteiger partial charge in [0, 0.05) is 46.9 Å². The summed E-state index contributed by atoms with van der Waals surface area (Å²) in [6.07, 6.45) is 1.50. The van der Waals surface area contributed by atoms with Crippen LogP contribution in [-0.2, 0) is 26.5 Å². The van der Waals surface area contributed by atoms with E-state index in [-0.39, 0.29) is 43.4 Å². The van der Waals surface area contributed by atoms with Gasteiger partial charge in [0.25, 0.3) is 0 Å². The second-order valence-electron chi connectivity index (χ2n) is 13.7. The molecule has 0 amide bonds. The number of hydrogen-bond acceptors (Lipinski definition) is 3. The van der Waals surface area contributed by atoms with Gasteiger partial charge in [0.2, 0.25) is 0 Å². The van der Waals surface area contributed by atoms with E-state index in [0.29, 0.717) is 61.6 Å². The van der Waals surface area contributed by atoms with E-state index in [1.807, 2.05) is 71.3 Å². The maximum atomic E-state index is 11.2. The summed E-state index contributed by atoms with van der Waals surface area (Å²) in [6, 6.07) is 35.9. The fourth-order valence-corrected chi connectivity index (χ4v) is 6.44. The van der Waals surface area contributed by atoms with Crippen molar-refractivity contribution in [3.05, 3.63) is 168 Å². The van der Waals surface area contributed by atoms with Crippen molar-refractivity contribution in [3.8, 4) is 67.5 Å². The topological polar surface area (TPSA) is 50.9 Å². The summed E-state index contributed by atoms with van der Waals surface area (Å²) >= 11 is 0. The molecular weight excluding hydrogens is 830 g/mol. The number of rotatable bonds is 6. The minimum Gasteiger partial charge on any atom is -0.507 e. The van der Waals surface area contributed by atoms with Gasteiger partial charge in [0.1, 0.15) is 11.6 Å². The van der Waals surface area contributed by atoms with Gasteiger partial charge in [-0.05, 0) is 83.3 Å². The number of para-hydroxylation sites is 2. The van der Waals surface area contributed by atoms with Crippen molar-refractivity contribution in [2.45, 2.75) is 39.9 Å². The monoisotopic (exact) mass is 879 g/mol. The Labute approximate surface area is 340 Å². The number of aromatic hydroxyl groups is 1. The molecule has 0 atom stereocenters. The number of phenolic OH excluding ortho intramolecular Hbond substituents is 1. The van der Waals surface area contributed by atoms with E-state index >= 15 is 0 Å². The van der Waals surface area contributed by atoms with Crippen molar-refractivity contribution in [1.29, 1.82) is 0 Å². The number of imidazole rings is 1. The van der Waals surface area contributed by atoms with Crippen LogP contribution in [0, 0.1) is 19.8 Å². The average Bonchev–Trinajstić information content (AvgIpc) is 3.62. The zero-order valence-electron chi connectivity index (χ0n) is 39.2. The van der Waals surface area contributed by atoms with Crippen LogP contribution in [-0.4, -0.2) is 19.6 Å². The standard InChI is InChI=1S/C48H40N3O.Pt/c1-31-18-20-34(21-19-31)35-22-23-49-43(30-35)38-26-37(27-39(28-38)48(3,4)5)41-15-11-16-44-46(41)50-47(42-14-9-10-17-45(42)52)51(44)40-25-32(2)24-36(29-40)33-12-7-6-8-13-33;/h6-25,27-30,52H,1-5H3;/q-1;/i1D3,2D3,18D,19D,20D,21D;. The fraction of sp³-hybridized carbons (Fsp3) is 0.125. The summed E-state index contributed by atoms with van der Waals surface area (Å²) in [7, 11) is 0. The number of nitrogens with zero attached hydrogens (tertiary/aromatic N) is 3. The summed E-state index contributed by atoms with van der Waals surface area (Å²) in [4.78, 5) is 9.86. The maximum absolute atomic E-state index is 11.2. The average molecular weight is 880 g/mol. The molecule has 0 bridgehead atoms. The number of benzene rings is 6. The van der Waals surface area contributed by atoms with Crippen molar-refractivity contribution in [2.75, 3.05) is 0 Å². The Bertz CT molecular complexity index is 3020. The van der Waals surface area contributed by atoms with Gasteiger partial charge >= 0.3 is 0 Å². The van der Waals surface area contributed by atoms with Crippen LogP contribution >= 0.6 is 0 Å². The number of hydrogen-bond donors (Lipinski definition) is 1. The molecule has 53 heavy (non-hydrogen) atoms. The van der Waals surface area contributed by atoms with Gasteiger partial charge in [-0.25, -0.2) is 4.98 Å². The van der Waals surface area contributed by atoms with Crippen LogP contribution in [0.2, 0.25) is 0 Å². The molecule has 4 nitrogen and oxygen atoms in total. The van der Waals surface area contributed by atoms with Crippen LogP contribution < -0.4 is 0 Å². The zero-order valence-corrected chi connectivity index (χ0v) is 31.4. The van der Waals surface area contributed by atoms with Gasteiger partial charge in [0.15, 0.2) is 0 Å². The Hall–Kier alpha value is -5.57. The third-order valence-corrected chi connectivity index (χ3v) is 9.09. The van der Waals surface area contributed by atoms with Gasteiger partial charge in [0.05, 0.1) is 22.1 Å². The van der Waals surface area contributed by atoms with E-state index in [1.54, 1.807) is 48.5 Å². The van der Waals surface area contributed by atoms with Gasteiger partial charge in [-0.3, -0.25) is 9.55 Å². The summed E-state index contributed by atoms with van der Waals surface area (Å²) in [6.45, 7) is 0.951. The molecule has 0 radical (unpaired) electrons. The minimum atomic E-state index is -2.84. The van der Waals surface area contributed by atoms with Crippen molar-refractivity contribution in [2.24, 2.45) is 0 Å². The van der Waals surface area contributed by atoms with Crippen LogP contribution in [0.15, 0.2) is 146 Å². The minimum absolute atomic E-state index is 0. The summed E-state index contributed by atoms with van der Waals surface area (Å²) < 4.78 is 85.1. The Morgan fingerprint density at radius 3 is 2.17 bits per heavy atom. The largest absolute Gasteiger partial charge is 0.507 e. The summed E-state index contributed by atoms with van der Waals surface area (Å²) in [5, 5.41) is 11.2. The predicted molar refractivity (Wildman–Crippen MR) is 215 cm³/mol. The van der Waals surface area contributed by atoms with Crippen molar-refractivity contribution in [1.82, 2.24) is 14.5 Å². The maximum Gasteiger partial charge on any atom is 0.148 e. The quantitative estimate of drug-likeness (QED) is 0.169. The zero-order chi connectivity index (χ0) is 44.5. The van der Waals surface area contributed by atoms with E-state index in [0.717, 1.165) is 11.1 Å². The SMILES string of the molecule is [2H]c1c([2H])c(C([2H])([2H])[2H])c([2H])c([2H])c1-c1ccnc(-c2[c-]c(-c3cccc4c3nc(-c3ccccc3O)n4-c3cc(-c4ccccc4)cc(C([2H])([2H])[2H])c3)cc(C(C)(C)C)c2)c1.[Pt]. The molecule has 264 valence electrons. The second-order valence-corrected chi connectivity index (χ2v) is 13.7. The molecule has 0 aliphatic carbocycles. The molecule has 0 spiro atoms. The molecule has 8 aromatic rings. The summed E-state index contributed by atoms with van der Waals surface area (Å²) in [5.74, 6) is 0.378. The van der Waals surface area contributed by atoms with Crippen molar-refractivity contribution < 1.29 is 39.9 Å². The molecule has 0 saturated heterocycles. The van der Waals surface area contributed by atoms with Crippen LogP contribution in [0.5, 0.6) is 5.75 Å². The molecular formula is C48H40N3OPt-. The number of pyridine rings is 1. The molecule has 1 N–H and O–H groups in total. The normalized spacial score (nSPS) is 14.6. The van der Waals surface area contributed by atoms with Crippen LogP contribution in [0.3, 0.4) is 0 Å². The third-order valence-electron chi connectivity index (χ3n) is 9.09. The van der Waals surface area contributed by atoms with E-state index in [1.165, 1.54) is 6.20 Å². The first-order valence-corrected chi connectivity index (χ1v) is 16.9. The van der Waals surface area contributed by atoms with Crippen LogP contribution in [0.1, 0.15) is 51.2 Å². The molecule has 0 saturated carbocycles. The molecule has 0 aliphatic rings. The third kappa shape index (κ3) is 7.12.